The van der Waals surface area contributed by atoms with Gasteiger partial charge >= 0.3 is 0 Å². The molecule has 0 unspecified atom stereocenters. The summed E-state index contributed by atoms with van der Waals surface area (Å²) in [6, 6.07) is 1.67. The fourth-order valence-corrected chi connectivity index (χ4v) is 3.66. The summed E-state index contributed by atoms with van der Waals surface area (Å²) in [5.74, 6) is -0.146. The maximum Gasteiger partial charge on any atom is 0.272 e. The molecule has 1 fully saturated rings. The predicted octanol–water partition coefficient (Wildman–Crippen LogP) is 0.176. The Morgan fingerprint density at radius 3 is 2.86 bits per heavy atom. The van der Waals surface area contributed by atoms with Crippen molar-refractivity contribution in [1.29, 1.82) is 0 Å². The van der Waals surface area contributed by atoms with E-state index in [1.165, 1.54) is 10.9 Å². The molecule has 118 valence electrons. The summed E-state index contributed by atoms with van der Waals surface area (Å²) in [6.07, 6.45) is 4.77. The quantitative estimate of drug-likeness (QED) is 0.868. The Morgan fingerprint density at radius 2 is 2.23 bits per heavy atom. The highest BCUT2D eigenvalue weighted by atomic mass is 32.2. The molecule has 1 atom stereocenters. The Bertz CT molecular complexity index is 807. The first-order valence-electron chi connectivity index (χ1n) is 6.88. The highest BCUT2D eigenvalue weighted by molar-refractivity contribution is 7.90. The molecule has 0 bridgehead atoms. The highest BCUT2D eigenvalue weighted by Gasteiger charge is 2.32. The van der Waals surface area contributed by atoms with E-state index >= 15 is 0 Å². The second-order valence-electron chi connectivity index (χ2n) is 5.50. The first-order valence-corrected chi connectivity index (χ1v) is 8.77. The number of aromatic nitrogens is 4. The number of hydrogen-bond acceptors (Lipinski definition) is 5. The Balaban J connectivity index is 1.80. The standard InChI is InChI=1S/C13H17N5O3S/c1-17-10(3-5-15-17)13(19)18-6-4-9(8-18)12-11(7-14-16-12)22(2,20)21/h3,5,7,9H,4,6,8H2,1-2H3,(H,14,16)/t9-/m0/s1. The average molecular weight is 323 g/mol. The first kappa shape index (κ1) is 14.8. The minimum atomic E-state index is -3.33. The molecule has 9 heteroatoms. The zero-order chi connectivity index (χ0) is 15.9. The highest BCUT2D eigenvalue weighted by Crippen LogP contribution is 2.30. The van der Waals surface area contributed by atoms with Crippen LogP contribution >= 0.6 is 0 Å². The maximum atomic E-state index is 12.4. The van der Waals surface area contributed by atoms with Crippen molar-refractivity contribution in [3.63, 3.8) is 0 Å². The fourth-order valence-electron chi connectivity index (χ4n) is 2.80. The summed E-state index contributed by atoms with van der Waals surface area (Å²) < 4.78 is 25.1. The topological polar surface area (TPSA) is 101 Å². The second-order valence-corrected chi connectivity index (χ2v) is 7.48. The van der Waals surface area contributed by atoms with Crippen LogP contribution in [0.1, 0.15) is 28.5 Å². The normalized spacial score (nSPS) is 18.8. The smallest absolute Gasteiger partial charge is 0.272 e. The van der Waals surface area contributed by atoms with Gasteiger partial charge in [-0.3, -0.25) is 14.6 Å². The predicted molar refractivity (Wildman–Crippen MR) is 78.2 cm³/mol. The number of H-pyrrole nitrogens is 1. The number of aryl methyl sites for hydroxylation is 1. The van der Waals surface area contributed by atoms with Crippen LogP contribution < -0.4 is 0 Å². The second kappa shape index (κ2) is 5.24. The first-order chi connectivity index (χ1) is 10.4. The molecule has 1 N–H and O–H groups in total. The SMILES string of the molecule is Cn1nccc1C(=O)N1CC[C@H](c2[nH]ncc2S(C)(=O)=O)C1. The molecule has 1 aliphatic rings. The van der Waals surface area contributed by atoms with E-state index in [2.05, 4.69) is 15.3 Å². The molecule has 1 amide bonds. The Hall–Kier alpha value is -2.16. The molecule has 22 heavy (non-hydrogen) atoms. The van der Waals surface area contributed by atoms with Gasteiger partial charge in [-0.2, -0.15) is 10.2 Å². The van der Waals surface area contributed by atoms with E-state index in [4.69, 9.17) is 0 Å². The van der Waals surface area contributed by atoms with Crippen LogP contribution in [0.2, 0.25) is 0 Å². The van der Waals surface area contributed by atoms with Crippen LogP contribution in [-0.2, 0) is 16.9 Å². The summed E-state index contributed by atoms with van der Waals surface area (Å²) >= 11 is 0. The molecule has 1 aliphatic heterocycles. The molecule has 0 aromatic carbocycles. The van der Waals surface area contributed by atoms with E-state index in [9.17, 15) is 13.2 Å². The number of carbonyl (C=O) groups is 1. The number of hydrogen-bond donors (Lipinski definition) is 1. The van der Waals surface area contributed by atoms with Crippen LogP contribution in [0.3, 0.4) is 0 Å². The molecular weight excluding hydrogens is 306 g/mol. The van der Waals surface area contributed by atoms with Gasteiger partial charge in [-0.1, -0.05) is 0 Å². The van der Waals surface area contributed by atoms with Crippen molar-refractivity contribution in [1.82, 2.24) is 24.9 Å². The fraction of sp³-hybridized carbons (Fsp3) is 0.462. The van der Waals surface area contributed by atoms with E-state index in [1.807, 2.05) is 0 Å². The minimum Gasteiger partial charge on any atom is -0.337 e. The Morgan fingerprint density at radius 1 is 1.45 bits per heavy atom. The molecular formula is C13H17N5O3S. The van der Waals surface area contributed by atoms with Crippen molar-refractivity contribution >= 4 is 15.7 Å². The number of rotatable bonds is 3. The van der Waals surface area contributed by atoms with Gasteiger partial charge in [0.15, 0.2) is 9.84 Å². The average Bonchev–Trinajstić information content (AvgIpc) is 3.16. The molecule has 8 nitrogen and oxygen atoms in total. The largest absolute Gasteiger partial charge is 0.337 e. The summed E-state index contributed by atoms with van der Waals surface area (Å²) in [6.45, 7) is 1.05. The van der Waals surface area contributed by atoms with Crippen LogP contribution in [-0.4, -0.2) is 58.5 Å². The number of aromatic amines is 1. The zero-order valence-corrected chi connectivity index (χ0v) is 13.2. The lowest BCUT2D eigenvalue weighted by Gasteiger charge is -2.16. The molecule has 0 aliphatic carbocycles. The number of likely N-dealkylation sites (tertiary alicyclic amines) is 1. The van der Waals surface area contributed by atoms with Gasteiger partial charge in [-0.25, -0.2) is 8.42 Å². The number of nitrogens with zero attached hydrogens (tertiary/aromatic N) is 4. The van der Waals surface area contributed by atoms with Crippen LogP contribution in [0.4, 0.5) is 0 Å². The molecule has 2 aromatic heterocycles. The van der Waals surface area contributed by atoms with Crippen LogP contribution in [0.5, 0.6) is 0 Å². The minimum absolute atomic E-state index is 0.0515. The number of sulfone groups is 1. The summed E-state index contributed by atoms with van der Waals surface area (Å²) in [5, 5.41) is 10.6. The van der Waals surface area contributed by atoms with Gasteiger partial charge in [-0.15, -0.1) is 0 Å². The Kier molecular flexibility index (Phi) is 3.51. The van der Waals surface area contributed by atoms with Crippen molar-refractivity contribution in [2.75, 3.05) is 19.3 Å². The van der Waals surface area contributed by atoms with E-state index in [0.717, 1.165) is 6.26 Å². The van der Waals surface area contributed by atoms with Gasteiger partial charge < -0.3 is 4.90 Å². The third kappa shape index (κ3) is 2.52. The van der Waals surface area contributed by atoms with Crippen molar-refractivity contribution in [3.05, 3.63) is 29.8 Å². The lowest BCUT2D eigenvalue weighted by molar-refractivity contribution is 0.0779. The van der Waals surface area contributed by atoms with E-state index in [0.29, 0.717) is 30.9 Å². The molecule has 0 radical (unpaired) electrons. The zero-order valence-electron chi connectivity index (χ0n) is 12.4. The van der Waals surface area contributed by atoms with Crippen molar-refractivity contribution < 1.29 is 13.2 Å². The Labute approximate surface area is 128 Å². The van der Waals surface area contributed by atoms with E-state index in [-0.39, 0.29) is 16.7 Å². The number of carbonyl (C=O) groups excluding carboxylic acids is 1. The van der Waals surface area contributed by atoms with E-state index in [1.54, 1.807) is 24.2 Å². The van der Waals surface area contributed by atoms with Crippen LogP contribution in [0, 0.1) is 0 Å². The summed E-state index contributed by atoms with van der Waals surface area (Å²) in [4.78, 5) is 14.4. The summed E-state index contributed by atoms with van der Waals surface area (Å²) in [5.41, 5.74) is 1.11. The van der Waals surface area contributed by atoms with Gasteiger partial charge in [0.25, 0.3) is 5.91 Å². The third-order valence-electron chi connectivity index (χ3n) is 3.96. The van der Waals surface area contributed by atoms with Gasteiger partial charge in [0.1, 0.15) is 10.6 Å². The molecule has 3 rings (SSSR count). The van der Waals surface area contributed by atoms with Crippen LogP contribution in [0.15, 0.2) is 23.4 Å². The molecule has 2 aromatic rings. The van der Waals surface area contributed by atoms with Crippen molar-refractivity contribution in [2.24, 2.45) is 7.05 Å². The maximum absolute atomic E-state index is 12.4. The third-order valence-corrected chi connectivity index (χ3v) is 5.08. The molecule has 0 spiro atoms. The summed E-state index contributed by atoms with van der Waals surface area (Å²) in [7, 11) is -1.61. The van der Waals surface area contributed by atoms with Crippen molar-refractivity contribution in [3.8, 4) is 0 Å². The number of nitrogens with one attached hydrogen (secondary N) is 1. The van der Waals surface area contributed by atoms with Crippen molar-refractivity contribution in [2.45, 2.75) is 17.2 Å². The van der Waals surface area contributed by atoms with Gasteiger partial charge in [0, 0.05) is 38.5 Å². The monoisotopic (exact) mass is 323 g/mol. The molecule has 3 heterocycles. The van der Waals surface area contributed by atoms with Gasteiger partial charge in [-0.05, 0) is 12.5 Å². The van der Waals surface area contributed by atoms with Crippen LogP contribution in [0.25, 0.3) is 0 Å². The molecule has 1 saturated heterocycles. The number of amides is 1. The lowest BCUT2D eigenvalue weighted by Crippen LogP contribution is -2.30. The molecule has 0 saturated carbocycles. The van der Waals surface area contributed by atoms with E-state index < -0.39 is 9.84 Å². The van der Waals surface area contributed by atoms with Gasteiger partial charge in [0.2, 0.25) is 0 Å². The van der Waals surface area contributed by atoms with Gasteiger partial charge in [0.05, 0.1) is 11.9 Å². The lowest BCUT2D eigenvalue weighted by atomic mass is 10.1.